The Hall–Kier alpha value is -3.99. The molecule has 0 amide bonds. The largest absolute Gasteiger partial charge is 0.497 e. The molecule has 4 aromatic rings. The molecule has 0 saturated carbocycles. The van der Waals surface area contributed by atoms with Gasteiger partial charge in [0.1, 0.15) is 5.75 Å². The minimum Gasteiger partial charge on any atom is -0.497 e. The first-order valence-electron chi connectivity index (χ1n) is 9.66. The molecule has 1 N–H and O–H groups in total. The molecule has 1 aromatic heterocycles. The van der Waals surface area contributed by atoms with Gasteiger partial charge in [-0.15, -0.1) is 0 Å². The van der Waals surface area contributed by atoms with E-state index in [0.717, 1.165) is 33.8 Å². The summed E-state index contributed by atoms with van der Waals surface area (Å²) < 4.78 is 5.18. The van der Waals surface area contributed by atoms with Crippen LogP contribution in [0, 0.1) is 6.92 Å². The number of methoxy groups -OCH3 is 1. The Kier molecular flexibility index (Phi) is 5.80. The molecule has 30 heavy (non-hydrogen) atoms. The number of ether oxygens (including phenoxy) is 1. The van der Waals surface area contributed by atoms with E-state index in [4.69, 9.17) is 4.74 Å². The first-order valence-corrected chi connectivity index (χ1v) is 9.66. The van der Waals surface area contributed by atoms with Crippen LogP contribution in [0.5, 0.6) is 5.75 Å². The first-order chi connectivity index (χ1) is 14.7. The summed E-state index contributed by atoms with van der Waals surface area (Å²) >= 11 is 0. The Labute approximate surface area is 176 Å². The number of hydrazone groups is 1. The van der Waals surface area contributed by atoms with E-state index in [-0.39, 0.29) is 0 Å². The molecule has 0 atom stereocenters. The van der Waals surface area contributed by atoms with Gasteiger partial charge in [0.05, 0.1) is 24.7 Å². The van der Waals surface area contributed by atoms with Gasteiger partial charge in [-0.25, -0.2) is 15.4 Å². The van der Waals surface area contributed by atoms with Crippen molar-refractivity contribution in [2.75, 3.05) is 12.5 Å². The third-order valence-corrected chi connectivity index (χ3v) is 4.64. The van der Waals surface area contributed by atoms with Crippen molar-refractivity contribution in [2.45, 2.75) is 6.92 Å². The molecular weight excluding hydrogens is 372 g/mol. The Morgan fingerprint density at radius 3 is 2.07 bits per heavy atom. The molecule has 1 heterocycles. The minimum absolute atomic E-state index is 0.441. The lowest BCUT2D eigenvalue weighted by Crippen LogP contribution is -2.00. The highest BCUT2D eigenvalue weighted by Crippen LogP contribution is 2.25. The third-order valence-electron chi connectivity index (χ3n) is 4.64. The molecular formula is C25H22N4O. The second-order valence-electron chi connectivity index (χ2n) is 6.84. The lowest BCUT2D eigenvalue weighted by atomic mass is 10.1. The van der Waals surface area contributed by atoms with Crippen LogP contribution in [0.15, 0.2) is 90.0 Å². The third kappa shape index (κ3) is 4.70. The lowest BCUT2D eigenvalue weighted by Gasteiger charge is -2.08. The predicted octanol–water partition coefficient (Wildman–Crippen LogP) is 5.57. The maximum absolute atomic E-state index is 5.18. The van der Waals surface area contributed by atoms with Gasteiger partial charge in [0.2, 0.25) is 5.95 Å². The van der Waals surface area contributed by atoms with Gasteiger partial charge in [-0.05, 0) is 42.8 Å². The Morgan fingerprint density at radius 1 is 0.800 bits per heavy atom. The average molecular weight is 394 g/mol. The normalized spacial score (nSPS) is 10.9. The fraction of sp³-hybridized carbons (Fsp3) is 0.0800. The molecule has 3 aromatic carbocycles. The van der Waals surface area contributed by atoms with Gasteiger partial charge < -0.3 is 4.74 Å². The minimum atomic E-state index is 0.441. The van der Waals surface area contributed by atoms with Gasteiger partial charge in [0.15, 0.2) is 0 Å². The lowest BCUT2D eigenvalue weighted by molar-refractivity contribution is 0.415. The van der Waals surface area contributed by atoms with E-state index in [0.29, 0.717) is 5.95 Å². The molecule has 0 aliphatic carbocycles. The highest BCUT2D eigenvalue weighted by Gasteiger charge is 2.08. The Balaban J connectivity index is 1.64. The summed E-state index contributed by atoms with van der Waals surface area (Å²) in [5.74, 6) is 1.25. The number of hydrogen-bond donors (Lipinski definition) is 1. The van der Waals surface area contributed by atoms with Gasteiger partial charge in [0.25, 0.3) is 0 Å². The number of nitrogens with zero attached hydrogens (tertiary/aromatic N) is 3. The number of aryl methyl sites for hydroxylation is 1. The van der Waals surface area contributed by atoms with E-state index in [1.165, 1.54) is 5.56 Å². The van der Waals surface area contributed by atoms with Crippen molar-refractivity contribution in [3.05, 3.63) is 96.1 Å². The predicted molar refractivity (Wildman–Crippen MR) is 122 cm³/mol. The topological polar surface area (TPSA) is 59.4 Å². The van der Waals surface area contributed by atoms with Crippen LogP contribution in [0.25, 0.3) is 22.5 Å². The number of aromatic nitrogens is 2. The van der Waals surface area contributed by atoms with Crippen LogP contribution in [0.4, 0.5) is 5.95 Å². The summed E-state index contributed by atoms with van der Waals surface area (Å²) in [6.07, 6.45) is 1.73. The number of hydrogen-bond acceptors (Lipinski definition) is 5. The smallest absolute Gasteiger partial charge is 0.244 e. The molecule has 0 unspecified atom stereocenters. The van der Waals surface area contributed by atoms with E-state index in [9.17, 15) is 0 Å². The van der Waals surface area contributed by atoms with Crippen LogP contribution in [-0.4, -0.2) is 23.3 Å². The summed E-state index contributed by atoms with van der Waals surface area (Å²) in [6, 6.07) is 28.0. The standard InChI is InChI=1S/C25H22N4O/c1-18-8-12-21(13-9-18)24-16-23(20-6-4-3-5-7-20)27-25(28-24)29-26-17-19-10-14-22(30-2)15-11-19/h3-17H,1-2H3,(H,27,28,29)/b26-17-. The summed E-state index contributed by atoms with van der Waals surface area (Å²) in [5, 5.41) is 4.31. The first kappa shape index (κ1) is 19.3. The van der Waals surface area contributed by atoms with E-state index >= 15 is 0 Å². The van der Waals surface area contributed by atoms with E-state index in [2.05, 4.69) is 51.7 Å². The molecule has 148 valence electrons. The highest BCUT2D eigenvalue weighted by molar-refractivity contribution is 5.80. The molecule has 4 rings (SSSR count). The van der Waals surface area contributed by atoms with Gasteiger partial charge in [-0.1, -0.05) is 60.2 Å². The summed E-state index contributed by atoms with van der Waals surface area (Å²) in [4.78, 5) is 9.31. The highest BCUT2D eigenvalue weighted by atomic mass is 16.5. The van der Waals surface area contributed by atoms with Crippen molar-refractivity contribution >= 4 is 12.2 Å². The van der Waals surface area contributed by atoms with E-state index in [1.807, 2.05) is 60.7 Å². The van der Waals surface area contributed by atoms with Crippen molar-refractivity contribution in [1.29, 1.82) is 0 Å². The van der Waals surface area contributed by atoms with Gasteiger partial charge >= 0.3 is 0 Å². The molecule has 5 nitrogen and oxygen atoms in total. The monoisotopic (exact) mass is 394 g/mol. The van der Waals surface area contributed by atoms with Crippen molar-refractivity contribution in [3.8, 4) is 28.3 Å². The van der Waals surface area contributed by atoms with Crippen molar-refractivity contribution in [1.82, 2.24) is 9.97 Å². The number of nitrogens with one attached hydrogen (secondary N) is 1. The second kappa shape index (κ2) is 9.01. The fourth-order valence-corrected chi connectivity index (χ4v) is 2.98. The zero-order valence-electron chi connectivity index (χ0n) is 16.9. The van der Waals surface area contributed by atoms with E-state index < -0.39 is 0 Å². The molecule has 5 heteroatoms. The number of rotatable bonds is 6. The summed E-state index contributed by atoms with van der Waals surface area (Å²) in [5.41, 5.74) is 8.85. The number of benzene rings is 3. The Morgan fingerprint density at radius 2 is 1.43 bits per heavy atom. The van der Waals surface area contributed by atoms with Crippen molar-refractivity contribution in [2.24, 2.45) is 5.10 Å². The molecule has 0 spiro atoms. The second-order valence-corrected chi connectivity index (χ2v) is 6.84. The van der Waals surface area contributed by atoms with Crippen LogP contribution in [0.3, 0.4) is 0 Å². The summed E-state index contributed by atoms with van der Waals surface area (Å²) in [6.45, 7) is 2.07. The zero-order chi connectivity index (χ0) is 20.8. The summed E-state index contributed by atoms with van der Waals surface area (Å²) in [7, 11) is 1.65. The molecule has 0 fully saturated rings. The van der Waals surface area contributed by atoms with Crippen LogP contribution >= 0.6 is 0 Å². The number of anilines is 1. The van der Waals surface area contributed by atoms with Crippen LogP contribution in [0.1, 0.15) is 11.1 Å². The molecule has 0 aliphatic rings. The van der Waals surface area contributed by atoms with Crippen molar-refractivity contribution in [3.63, 3.8) is 0 Å². The maximum atomic E-state index is 5.18. The average Bonchev–Trinajstić information content (AvgIpc) is 2.80. The zero-order valence-corrected chi connectivity index (χ0v) is 16.9. The molecule has 0 saturated heterocycles. The molecule has 0 aliphatic heterocycles. The fourth-order valence-electron chi connectivity index (χ4n) is 2.98. The van der Waals surface area contributed by atoms with E-state index in [1.54, 1.807) is 13.3 Å². The van der Waals surface area contributed by atoms with Gasteiger partial charge in [-0.2, -0.15) is 5.10 Å². The maximum Gasteiger partial charge on any atom is 0.244 e. The SMILES string of the molecule is COc1ccc(/C=N\Nc2nc(-c3ccccc3)cc(-c3ccc(C)cc3)n2)cc1. The van der Waals surface area contributed by atoms with Gasteiger partial charge in [0, 0.05) is 11.1 Å². The van der Waals surface area contributed by atoms with Crippen molar-refractivity contribution < 1.29 is 4.74 Å². The van der Waals surface area contributed by atoms with Crippen LogP contribution in [0.2, 0.25) is 0 Å². The quantitative estimate of drug-likeness (QED) is 0.343. The molecule has 0 radical (unpaired) electrons. The van der Waals surface area contributed by atoms with Crippen LogP contribution < -0.4 is 10.2 Å². The molecule has 0 bridgehead atoms. The van der Waals surface area contributed by atoms with Gasteiger partial charge in [-0.3, -0.25) is 0 Å². The van der Waals surface area contributed by atoms with Crippen LogP contribution in [-0.2, 0) is 0 Å². The Bertz CT molecular complexity index is 1140.